The Morgan fingerprint density at radius 1 is 0.967 bits per heavy atom. The van der Waals surface area contributed by atoms with Gasteiger partial charge in [-0.25, -0.2) is 4.39 Å². The highest BCUT2D eigenvalue weighted by atomic mass is 32.2. The molecule has 0 radical (unpaired) electrons. The molecule has 2 fully saturated rings. The molecule has 30 heavy (non-hydrogen) atoms. The Hall–Kier alpha value is -1.55. The fourth-order valence-corrected chi connectivity index (χ4v) is 5.71. The molecule has 2 heterocycles. The Bertz CT molecular complexity index is 802. The molecule has 7 nitrogen and oxygen atoms in total. The summed E-state index contributed by atoms with van der Waals surface area (Å²) in [5, 5.41) is 0. The van der Waals surface area contributed by atoms with E-state index in [1.807, 2.05) is 11.8 Å². The summed E-state index contributed by atoms with van der Waals surface area (Å²) in [6.07, 6.45) is 4.02. The van der Waals surface area contributed by atoms with Crippen LogP contribution >= 0.6 is 0 Å². The topological polar surface area (TPSA) is 64.2 Å². The number of amides is 1. The van der Waals surface area contributed by atoms with Gasteiger partial charge in [-0.05, 0) is 37.5 Å². The molecule has 1 aromatic carbocycles. The van der Waals surface area contributed by atoms with Gasteiger partial charge in [-0.3, -0.25) is 9.69 Å². The maximum atomic E-state index is 13.1. The van der Waals surface area contributed by atoms with Crippen LogP contribution in [-0.4, -0.2) is 85.6 Å². The Kier molecular flexibility index (Phi) is 7.84. The fourth-order valence-electron chi connectivity index (χ4n) is 4.04. The van der Waals surface area contributed by atoms with Crippen molar-refractivity contribution in [3.8, 4) is 0 Å². The van der Waals surface area contributed by atoms with Crippen LogP contribution in [0, 0.1) is 5.82 Å². The quantitative estimate of drug-likeness (QED) is 0.680. The van der Waals surface area contributed by atoms with Crippen molar-refractivity contribution >= 4 is 16.1 Å². The Labute approximate surface area is 179 Å². The number of nitrogens with zero attached hydrogens (tertiary/aromatic N) is 4. The number of halogens is 1. The molecule has 168 valence electrons. The maximum absolute atomic E-state index is 13.1. The minimum Gasteiger partial charge on any atom is -0.338 e. The minimum atomic E-state index is -3.42. The zero-order valence-electron chi connectivity index (χ0n) is 18.0. The minimum absolute atomic E-state index is 0.0318. The number of likely N-dealkylation sites (N-methyl/N-ethyl adjacent to an activating group) is 1. The third-order valence-electron chi connectivity index (χ3n) is 6.23. The molecule has 1 atom stereocenters. The molecular formula is C21H33FN4O3S. The molecule has 0 bridgehead atoms. The van der Waals surface area contributed by atoms with Gasteiger partial charge in [0.05, 0.1) is 12.6 Å². The lowest BCUT2D eigenvalue weighted by Crippen LogP contribution is -2.54. The van der Waals surface area contributed by atoms with Gasteiger partial charge in [0.2, 0.25) is 5.91 Å². The average Bonchev–Trinajstić information content (AvgIpc) is 3.04. The van der Waals surface area contributed by atoms with Crippen LogP contribution in [0.4, 0.5) is 4.39 Å². The zero-order valence-corrected chi connectivity index (χ0v) is 18.8. The second-order valence-corrected chi connectivity index (χ2v) is 10.2. The zero-order chi connectivity index (χ0) is 21.7. The van der Waals surface area contributed by atoms with Crippen molar-refractivity contribution in [2.45, 2.75) is 38.6 Å². The molecule has 0 aromatic heterocycles. The molecule has 2 aliphatic heterocycles. The molecule has 0 aliphatic carbocycles. The molecule has 0 saturated carbocycles. The first-order chi connectivity index (χ1) is 14.3. The van der Waals surface area contributed by atoms with Gasteiger partial charge in [0.25, 0.3) is 10.2 Å². The highest BCUT2D eigenvalue weighted by molar-refractivity contribution is 7.86. The van der Waals surface area contributed by atoms with Crippen molar-refractivity contribution in [2.75, 3.05) is 52.9 Å². The van der Waals surface area contributed by atoms with Crippen LogP contribution in [-0.2, 0) is 15.0 Å². The molecule has 2 saturated heterocycles. The van der Waals surface area contributed by atoms with Gasteiger partial charge in [-0.2, -0.15) is 17.0 Å². The summed E-state index contributed by atoms with van der Waals surface area (Å²) in [5.41, 5.74) is 0.876. The van der Waals surface area contributed by atoms with Crippen LogP contribution in [0.15, 0.2) is 24.3 Å². The summed E-state index contributed by atoms with van der Waals surface area (Å²) in [4.78, 5) is 16.4. The fraction of sp³-hybridized carbons (Fsp3) is 0.667. The van der Waals surface area contributed by atoms with E-state index >= 15 is 0 Å². The van der Waals surface area contributed by atoms with Crippen molar-refractivity contribution in [2.24, 2.45) is 0 Å². The largest absolute Gasteiger partial charge is 0.338 e. The summed E-state index contributed by atoms with van der Waals surface area (Å²) in [5.74, 6) is -0.330. The standard InChI is InChI=1S/C21H33FN4O3S/c1-18(19-7-9-20(22)10-8-19)23(2)21(27)17-24-13-15-26(16-14-24)30(28,29)25-11-5-3-4-6-12-25/h7-10,18H,3-6,11-17H2,1-2H3. The maximum Gasteiger partial charge on any atom is 0.282 e. The van der Waals surface area contributed by atoms with Gasteiger partial charge in [0.15, 0.2) is 0 Å². The van der Waals surface area contributed by atoms with E-state index in [9.17, 15) is 17.6 Å². The molecule has 3 rings (SSSR count). The third-order valence-corrected chi connectivity index (χ3v) is 8.27. The first-order valence-corrected chi connectivity index (χ1v) is 12.2. The van der Waals surface area contributed by atoms with Crippen molar-refractivity contribution in [3.63, 3.8) is 0 Å². The number of benzene rings is 1. The Morgan fingerprint density at radius 2 is 1.50 bits per heavy atom. The van der Waals surface area contributed by atoms with E-state index in [0.29, 0.717) is 39.3 Å². The van der Waals surface area contributed by atoms with Crippen LogP contribution in [0.3, 0.4) is 0 Å². The first-order valence-electron chi connectivity index (χ1n) is 10.8. The SMILES string of the molecule is CC(c1ccc(F)cc1)N(C)C(=O)CN1CCN(S(=O)(=O)N2CCCCCC2)CC1. The van der Waals surface area contributed by atoms with Crippen molar-refractivity contribution < 1.29 is 17.6 Å². The average molecular weight is 441 g/mol. The smallest absolute Gasteiger partial charge is 0.282 e. The first kappa shape index (κ1) is 23.1. The molecule has 0 spiro atoms. The van der Waals surface area contributed by atoms with E-state index in [0.717, 1.165) is 31.2 Å². The predicted molar refractivity (Wildman–Crippen MR) is 115 cm³/mol. The van der Waals surface area contributed by atoms with E-state index in [1.165, 1.54) is 12.1 Å². The third kappa shape index (κ3) is 5.57. The van der Waals surface area contributed by atoms with E-state index in [-0.39, 0.29) is 24.3 Å². The second kappa shape index (κ2) is 10.2. The summed E-state index contributed by atoms with van der Waals surface area (Å²) < 4.78 is 42.2. The van der Waals surface area contributed by atoms with Gasteiger partial charge in [-0.1, -0.05) is 25.0 Å². The Morgan fingerprint density at radius 3 is 2.07 bits per heavy atom. The van der Waals surface area contributed by atoms with Crippen LogP contribution in [0.25, 0.3) is 0 Å². The molecule has 1 aromatic rings. The summed E-state index contributed by atoms with van der Waals surface area (Å²) >= 11 is 0. The van der Waals surface area contributed by atoms with Crippen LogP contribution in [0.5, 0.6) is 0 Å². The highest BCUT2D eigenvalue weighted by Crippen LogP contribution is 2.20. The Balaban J connectivity index is 1.51. The number of piperazine rings is 1. The summed E-state index contributed by atoms with van der Waals surface area (Å²) in [7, 11) is -1.67. The van der Waals surface area contributed by atoms with E-state index in [4.69, 9.17) is 0 Å². The number of rotatable bonds is 6. The van der Waals surface area contributed by atoms with Gasteiger partial charge < -0.3 is 4.90 Å². The number of carbonyl (C=O) groups is 1. The highest BCUT2D eigenvalue weighted by Gasteiger charge is 2.33. The van der Waals surface area contributed by atoms with E-state index in [2.05, 4.69) is 0 Å². The monoisotopic (exact) mass is 440 g/mol. The van der Waals surface area contributed by atoms with E-state index < -0.39 is 10.2 Å². The van der Waals surface area contributed by atoms with Crippen LogP contribution in [0.2, 0.25) is 0 Å². The van der Waals surface area contributed by atoms with Crippen LogP contribution < -0.4 is 0 Å². The van der Waals surface area contributed by atoms with Gasteiger partial charge in [0, 0.05) is 46.3 Å². The van der Waals surface area contributed by atoms with Crippen molar-refractivity contribution in [1.82, 2.24) is 18.4 Å². The van der Waals surface area contributed by atoms with Crippen LogP contribution in [0.1, 0.15) is 44.2 Å². The molecule has 9 heteroatoms. The van der Waals surface area contributed by atoms with Gasteiger partial charge in [0.1, 0.15) is 5.82 Å². The van der Waals surface area contributed by atoms with Gasteiger partial charge >= 0.3 is 0 Å². The molecule has 1 amide bonds. The lowest BCUT2D eigenvalue weighted by Gasteiger charge is -2.37. The number of carbonyl (C=O) groups excluding carboxylic acids is 1. The molecule has 0 N–H and O–H groups in total. The summed E-state index contributed by atoms with van der Waals surface area (Å²) in [6.45, 7) is 5.26. The van der Waals surface area contributed by atoms with E-state index in [1.54, 1.807) is 32.7 Å². The number of hydrogen-bond donors (Lipinski definition) is 0. The molecule has 2 aliphatic rings. The van der Waals surface area contributed by atoms with Gasteiger partial charge in [-0.15, -0.1) is 0 Å². The molecule has 1 unspecified atom stereocenters. The molecular weight excluding hydrogens is 407 g/mol. The normalized spacial score (nSPS) is 21.2. The lowest BCUT2D eigenvalue weighted by atomic mass is 10.1. The number of hydrogen-bond acceptors (Lipinski definition) is 4. The van der Waals surface area contributed by atoms with Crippen molar-refractivity contribution in [1.29, 1.82) is 0 Å². The lowest BCUT2D eigenvalue weighted by molar-refractivity contribution is -0.133. The van der Waals surface area contributed by atoms with Crippen molar-refractivity contribution in [3.05, 3.63) is 35.6 Å². The second-order valence-electron chi connectivity index (χ2n) is 8.23. The summed E-state index contributed by atoms with van der Waals surface area (Å²) in [6, 6.07) is 6.01. The predicted octanol–water partition coefficient (Wildman–Crippen LogP) is 2.08.